The summed E-state index contributed by atoms with van der Waals surface area (Å²) in [5.74, 6) is 0.175. The largest absolute Gasteiger partial charge is 0.396 e. The molecule has 0 saturated heterocycles. The Balaban J connectivity index is 3.16. The first kappa shape index (κ1) is 15.9. The first-order chi connectivity index (χ1) is 8.31. The van der Waals surface area contributed by atoms with E-state index >= 15 is 0 Å². The summed E-state index contributed by atoms with van der Waals surface area (Å²) in [5, 5.41) is 6.59. The van der Waals surface area contributed by atoms with Crippen molar-refractivity contribution in [3.63, 3.8) is 0 Å². The van der Waals surface area contributed by atoms with E-state index in [-0.39, 0.29) is 5.91 Å². The molecule has 1 amide bonds. The van der Waals surface area contributed by atoms with E-state index < -0.39 is 0 Å². The molecule has 0 aliphatic heterocycles. The summed E-state index contributed by atoms with van der Waals surface area (Å²) >= 11 is 0. The Hall–Kier alpha value is -1.06. The van der Waals surface area contributed by atoms with Crippen molar-refractivity contribution in [2.24, 2.45) is 5.16 Å². The van der Waals surface area contributed by atoms with Gasteiger partial charge in [0.15, 0.2) is 0 Å². The lowest BCUT2D eigenvalue weighted by molar-refractivity contribution is -0.121. The third kappa shape index (κ3) is 12.9. The number of hydrogen-bond donors (Lipinski definition) is 1. The Bertz CT molecular complexity index is 206. The number of unbranched alkanes of at least 4 members (excludes halogenated alkanes) is 4. The highest BCUT2D eigenvalue weighted by molar-refractivity contribution is 5.75. The normalized spacial score (nSPS) is 10.7. The van der Waals surface area contributed by atoms with Gasteiger partial charge in [0.1, 0.15) is 6.61 Å². The number of nitrogens with zero attached hydrogens (tertiary/aromatic N) is 1. The van der Waals surface area contributed by atoms with Crippen molar-refractivity contribution in [1.82, 2.24) is 5.32 Å². The fourth-order valence-electron chi connectivity index (χ4n) is 1.45. The zero-order valence-corrected chi connectivity index (χ0v) is 11.2. The average Bonchev–Trinajstić information content (AvgIpc) is 2.33. The molecule has 0 aromatic rings. The van der Waals surface area contributed by atoms with Crippen molar-refractivity contribution in [1.29, 1.82) is 0 Å². The summed E-state index contributed by atoms with van der Waals surface area (Å²) in [7, 11) is 0. The van der Waals surface area contributed by atoms with E-state index in [0.29, 0.717) is 13.0 Å². The maximum Gasteiger partial charge on any atom is 0.219 e. The Morgan fingerprint density at radius 2 is 2.06 bits per heavy atom. The SMILES string of the molecule is C/C=N/OCCCCCC(=O)NCCCCC. The smallest absolute Gasteiger partial charge is 0.219 e. The van der Waals surface area contributed by atoms with Crippen LogP contribution in [0.25, 0.3) is 0 Å². The molecule has 0 rings (SSSR count). The lowest BCUT2D eigenvalue weighted by Gasteiger charge is -2.04. The van der Waals surface area contributed by atoms with Crippen molar-refractivity contribution in [3.05, 3.63) is 0 Å². The number of carbonyl (C=O) groups excluding carboxylic acids is 1. The van der Waals surface area contributed by atoms with Crippen LogP contribution in [0.3, 0.4) is 0 Å². The van der Waals surface area contributed by atoms with E-state index in [2.05, 4.69) is 17.4 Å². The number of oxime groups is 1. The zero-order valence-electron chi connectivity index (χ0n) is 11.2. The predicted octanol–water partition coefficient (Wildman–Crippen LogP) is 2.88. The highest BCUT2D eigenvalue weighted by Gasteiger charge is 1.99. The highest BCUT2D eigenvalue weighted by Crippen LogP contribution is 2.00. The van der Waals surface area contributed by atoms with Crippen LogP contribution in [0, 0.1) is 0 Å². The van der Waals surface area contributed by atoms with Crippen LogP contribution in [0.5, 0.6) is 0 Å². The van der Waals surface area contributed by atoms with Gasteiger partial charge in [-0.3, -0.25) is 4.79 Å². The van der Waals surface area contributed by atoms with Crippen LogP contribution in [-0.4, -0.2) is 25.3 Å². The molecule has 4 heteroatoms. The fourth-order valence-corrected chi connectivity index (χ4v) is 1.45. The lowest BCUT2D eigenvalue weighted by Crippen LogP contribution is -2.23. The molecule has 0 unspecified atom stereocenters. The topological polar surface area (TPSA) is 50.7 Å². The number of amides is 1. The third-order valence-electron chi connectivity index (χ3n) is 2.42. The van der Waals surface area contributed by atoms with Gasteiger partial charge < -0.3 is 10.2 Å². The second-order valence-corrected chi connectivity index (χ2v) is 4.06. The highest BCUT2D eigenvalue weighted by atomic mass is 16.6. The van der Waals surface area contributed by atoms with Gasteiger partial charge in [-0.2, -0.15) is 0 Å². The molecular weight excluding hydrogens is 216 g/mol. The van der Waals surface area contributed by atoms with Crippen LogP contribution in [0.15, 0.2) is 5.16 Å². The quantitative estimate of drug-likeness (QED) is 0.344. The molecule has 0 aliphatic rings. The van der Waals surface area contributed by atoms with Gasteiger partial charge in [0, 0.05) is 19.2 Å². The van der Waals surface area contributed by atoms with Crippen LogP contribution < -0.4 is 5.32 Å². The van der Waals surface area contributed by atoms with Gasteiger partial charge in [-0.25, -0.2) is 0 Å². The molecule has 0 saturated carbocycles. The predicted molar refractivity (Wildman–Crippen MR) is 71.1 cm³/mol. The van der Waals surface area contributed by atoms with Gasteiger partial charge in [-0.15, -0.1) is 0 Å². The van der Waals surface area contributed by atoms with Crippen LogP contribution in [0.2, 0.25) is 0 Å². The number of carbonyl (C=O) groups is 1. The molecule has 1 N–H and O–H groups in total. The van der Waals surface area contributed by atoms with E-state index in [4.69, 9.17) is 4.84 Å². The third-order valence-corrected chi connectivity index (χ3v) is 2.42. The van der Waals surface area contributed by atoms with E-state index in [1.807, 2.05) is 6.92 Å². The van der Waals surface area contributed by atoms with Crippen molar-refractivity contribution in [3.8, 4) is 0 Å². The Kier molecular flexibility index (Phi) is 12.2. The van der Waals surface area contributed by atoms with Crippen molar-refractivity contribution in [2.45, 2.75) is 58.8 Å². The molecule has 100 valence electrons. The Labute approximate surface area is 105 Å². The zero-order chi connectivity index (χ0) is 12.8. The second kappa shape index (κ2) is 13.0. The van der Waals surface area contributed by atoms with Gasteiger partial charge >= 0.3 is 0 Å². The molecule has 0 spiro atoms. The van der Waals surface area contributed by atoms with Crippen LogP contribution in [0.1, 0.15) is 58.8 Å². The van der Waals surface area contributed by atoms with Gasteiger partial charge in [0.2, 0.25) is 5.91 Å². The minimum Gasteiger partial charge on any atom is -0.396 e. The maximum atomic E-state index is 11.4. The number of hydrogen-bond acceptors (Lipinski definition) is 3. The minimum absolute atomic E-state index is 0.175. The van der Waals surface area contributed by atoms with Gasteiger partial charge in [0.25, 0.3) is 0 Å². The molecule has 0 aromatic heterocycles. The van der Waals surface area contributed by atoms with Crippen molar-refractivity contribution in [2.75, 3.05) is 13.2 Å². The molecule has 0 atom stereocenters. The fraction of sp³-hybridized carbons (Fsp3) is 0.846. The van der Waals surface area contributed by atoms with E-state index in [0.717, 1.165) is 32.2 Å². The Morgan fingerprint density at radius 1 is 1.24 bits per heavy atom. The first-order valence-electron chi connectivity index (χ1n) is 6.68. The summed E-state index contributed by atoms with van der Waals surface area (Å²) in [6.07, 6.45) is 8.63. The summed E-state index contributed by atoms with van der Waals surface area (Å²) < 4.78 is 0. The second-order valence-electron chi connectivity index (χ2n) is 4.06. The number of rotatable bonds is 11. The van der Waals surface area contributed by atoms with Crippen molar-refractivity contribution >= 4 is 12.1 Å². The lowest BCUT2D eigenvalue weighted by atomic mass is 10.2. The molecule has 0 fully saturated rings. The number of nitrogens with one attached hydrogen (secondary N) is 1. The summed E-state index contributed by atoms with van der Waals surface area (Å²) in [6, 6.07) is 0. The molecule has 0 aliphatic carbocycles. The Morgan fingerprint density at radius 3 is 2.76 bits per heavy atom. The molecular formula is C13H26N2O2. The van der Waals surface area contributed by atoms with Gasteiger partial charge in [-0.05, 0) is 32.6 Å². The average molecular weight is 242 g/mol. The molecule has 0 heterocycles. The maximum absolute atomic E-state index is 11.4. The summed E-state index contributed by atoms with van der Waals surface area (Å²) in [5.41, 5.74) is 0. The molecule has 0 aromatic carbocycles. The summed E-state index contributed by atoms with van der Waals surface area (Å²) in [6.45, 7) is 5.44. The molecule has 4 nitrogen and oxygen atoms in total. The van der Waals surface area contributed by atoms with Crippen LogP contribution in [-0.2, 0) is 9.63 Å². The first-order valence-corrected chi connectivity index (χ1v) is 6.68. The molecule has 0 bridgehead atoms. The van der Waals surface area contributed by atoms with Crippen molar-refractivity contribution < 1.29 is 9.63 Å². The molecule has 17 heavy (non-hydrogen) atoms. The molecule has 0 radical (unpaired) electrons. The van der Waals surface area contributed by atoms with Crippen LogP contribution in [0.4, 0.5) is 0 Å². The van der Waals surface area contributed by atoms with E-state index in [9.17, 15) is 4.79 Å². The minimum atomic E-state index is 0.175. The monoisotopic (exact) mass is 242 g/mol. The van der Waals surface area contributed by atoms with E-state index in [1.165, 1.54) is 12.8 Å². The standard InChI is InChI=1S/C13H26N2O2/c1-3-5-8-11-14-13(16)10-7-6-9-12-17-15-4-2/h4H,3,5-12H2,1-2H3,(H,14,16)/b15-4+. The van der Waals surface area contributed by atoms with Gasteiger partial charge in [0.05, 0.1) is 0 Å². The van der Waals surface area contributed by atoms with Gasteiger partial charge in [-0.1, -0.05) is 24.9 Å². The van der Waals surface area contributed by atoms with Crippen LogP contribution >= 0.6 is 0 Å². The summed E-state index contributed by atoms with van der Waals surface area (Å²) in [4.78, 5) is 16.3. The van der Waals surface area contributed by atoms with E-state index in [1.54, 1.807) is 6.21 Å².